The Morgan fingerprint density at radius 1 is 1.65 bits per heavy atom. The van der Waals surface area contributed by atoms with Gasteiger partial charge in [-0.3, -0.25) is 9.78 Å². The number of nitrogens with zero attached hydrogens (tertiary/aromatic N) is 2. The maximum Gasteiger partial charge on any atom is 0.351 e. The van der Waals surface area contributed by atoms with Crippen LogP contribution in [-0.2, 0) is 11.2 Å². The third-order valence-electron chi connectivity index (χ3n) is 1.94. The molecule has 92 valence electrons. The molecule has 1 rings (SSSR count). The van der Waals surface area contributed by atoms with Gasteiger partial charge in [0.1, 0.15) is 5.71 Å². The summed E-state index contributed by atoms with van der Waals surface area (Å²) in [6.45, 7) is 3.31. The molecular weight excluding hydrogens is 224 g/mol. The van der Waals surface area contributed by atoms with Gasteiger partial charge in [-0.1, -0.05) is 13.3 Å². The number of hydrogen-bond donors (Lipinski definition) is 3. The largest absolute Gasteiger partial charge is 0.477 e. The molecule has 0 saturated heterocycles. The van der Waals surface area contributed by atoms with E-state index in [1.165, 1.54) is 13.0 Å². The molecule has 0 saturated carbocycles. The minimum atomic E-state index is -1.13. The molecule has 0 aliphatic carbocycles. The van der Waals surface area contributed by atoms with Gasteiger partial charge in [-0.05, 0) is 13.3 Å². The molecule has 3 N–H and O–H groups in total. The molecule has 7 heteroatoms. The molecule has 0 radical (unpaired) electrons. The first-order valence-electron chi connectivity index (χ1n) is 5.16. The summed E-state index contributed by atoms with van der Waals surface area (Å²) in [7, 11) is 0. The van der Waals surface area contributed by atoms with Crippen LogP contribution in [0.1, 0.15) is 26.0 Å². The van der Waals surface area contributed by atoms with E-state index in [2.05, 4.69) is 20.5 Å². The lowest BCUT2D eigenvalue weighted by Crippen LogP contribution is -2.14. The van der Waals surface area contributed by atoms with Gasteiger partial charge >= 0.3 is 5.97 Å². The number of H-pyrrole nitrogens is 1. The zero-order chi connectivity index (χ0) is 12.8. The Balaban J connectivity index is 2.88. The van der Waals surface area contributed by atoms with Gasteiger partial charge in [-0.15, -0.1) is 0 Å². The molecule has 0 aliphatic rings. The fourth-order valence-corrected chi connectivity index (χ4v) is 1.13. The summed E-state index contributed by atoms with van der Waals surface area (Å²) >= 11 is 0. The second-order valence-electron chi connectivity index (χ2n) is 3.45. The number of nitrogens with one attached hydrogen (secondary N) is 2. The van der Waals surface area contributed by atoms with E-state index in [0.717, 1.165) is 6.42 Å². The lowest BCUT2D eigenvalue weighted by atomic mass is 10.2. The fourth-order valence-electron chi connectivity index (χ4n) is 1.13. The van der Waals surface area contributed by atoms with Gasteiger partial charge in [0, 0.05) is 11.8 Å². The van der Waals surface area contributed by atoms with Gasteiger partial charge in [-0.2, -0.15) is 5.10 Å². The monoisotopic (exact) mass is 238 g/mol. The number of aromatic amines is 1. The van der Waals surface area contributed by atoms with Crippen LogP contribution in [0.15, 0.2) is 16.0 Å². The Labute approximate surface area is 97.6 Å². The number of anilines is 1. The van der Waals surface area contributed by atoms with Crippen molar-refractivity contribution >= 4 is 17.6 Å². The molecule has 0 spiro atoms. The van der Waals surface area contributed by atoms with Crippen LogP contribution < -0.4 is 11.0 Å². The number of aliphatic carboxylic acids is 1. The summed E-state index contributed by atoms with van der Waals surface area (Å²) in [4.78, 5) is 28.3. The number of carbonyl (C=O) groups is 1. The van der Waals surface area contributed by atoms with E-state index >= 15 is 0 Å². The van der Waals surface area contributed by atoms with Crippen LogP contribution in [0.3, 0.4) is 0 Å². The summed E-state index contributed by atoms with van der Waals surface area (Å²) in [6, 6.07) is 1.41. The molecule has 0 bridgehead atoms. The first-order valence-corrected chi connectivity index (χ1v) is 5.16. The maximum absolute atomic E-state index is 11.3. The van der Waals surface area contributed by atoms with Crippen LogP contribution in [0.25, 0.3) is 0 Å². The number of carboxylic acids is 1. The van der Waals surface area contributed by atoms with Gasteiger partial charge in [0.25, 0.3) is 5.56 Å². The first-order chi connectivity index (χ1) is 8.02. The predicted octanol–water partition coefficient (Wildman–Crippen LogP) is 0.595. The molecule has 1 aromatic rings. The zero-order valence-electron chi connectivity index (χ0n) is 9.65. The van der Waals surface area contributed by atoms with Crippen LogP contribution >= 0.6 is 0 Å². The topological polar surface area (TPSA) is 107 Å². The smallest absolute Gasteiger partial charge is 0.351 e. The Morgan fingerprint density at radius 2 is 2.35 bits per heavy atom. The van der Waals surface area contributed by atoms with Gasteiger partial charge in [0.2, 0.25) is 5.95 Å². The SMILES string of the molecule is CCCc1cc(=O)[nH]c(N/N=C(\C)C(=O)O)n1. The average Bonchev–Trinajstić information content (AvgIpc) is 2.25. The third kappa shape index (κ3) is 4.06. The van der Waals surface area contributed by atoms with Crippen molar-refractivity contribution < 1.29 is 9.90 Å². The molecular formula is C10H14N4O3. The van der Waals surface area contributed by atoms with E-state index in [0.29, 0.717) is 12.1 Å². The Hall–Kier alpha value is -2.18. The van der Waals surface area contributed by atoms with E-state index in [1.807, 2.05) is 6.92 Å². The molecule has 0 amide bonds. The Morgan fingerprint density at radius 3 is 2.94 bits per heavy atom. The van der Waals surface area contributed by atoms with E-state index in [-0.39, 0.29) is 17.2 Å². The Kier molecular flexibility index (Phi) is 4.38. The quantitative estimate of drug-likeness (QED) is 0.514. The minimum absolute atomic E-state index is 0.117. The highest BCUT2D eigenvalue weighted by Gasteiger charge is 2.03. The highest BCUT2D eigenvalue weighted by Crippen LogP contribution is 2.00. The van der Waals surface area contributed by atoms with E-state index in [9.17, 15) is 9.59 Å². The fraction of sp³-hybridized carbons (Fsp3) is 0.400. The predicted molar refractivity (Wildman–Crippen MR) is 63.2 cm³/mol. The normalized spacial score (nSPS) is 11.3. The number of aryl methyl sites for hydroxylation is 1. The molecule has 7 nitrogen and oxygen atoms in total. The van der Waals surface area contributed by atoms with Crippen molar-refractivity contribution in [3.8, 4) is 0 Å². The number of hydrogen-bond acceptors (Lipinski definition) is 5. The molecule has 0 fully saturated rings. The minimum Gasteiger partial charge on any atom is -0.477 e. The summed E-state index contributed by atoms with van der Waals surface area (Å²) in [6.07, 6.45) is 1.55. The van der Waals surface area contributed by atoms with Gasteiger partial charge in [-0.25, -0.2) is 15.2 Å². The molecule has 17 heavy (non-hydrogen) atoms. The van der Waals surface area contributed by atoms with E-state index in [4.69, 9.17) is 5.11 Å². The summed E-state index contributed by atoms with van der Waals surface area (Å²) in [5.41, 5.74) is 2.63. The molecule has 0 aromatic carbocycles. The maximum atomic E-state index is 11.3. The number of hydrazone groups is 1. The summed E-state index contributed by atoms with van der Waals surface area (Å²) in [5, 5.41) is 12.2. The van der Waals surface area contributed by atoms with E-state index < -0.39 is 5.97 Å². The van der Waals surface area contributed by atoms with Crippen LogP contribution in [0.2, 0.25) is 0 Å². The highest BCUT2D eigenvalue weighted by atomic mass is 16.4. The first kappa shape index (κ1) is 12.9. The van der Waals surface area contributed by atoms with Gasteiger partial charge in [0.15, 0.2) is 0 Å². The van der Waals surface area contributed by atoms with Crippen LogP contribution in [-0.4, -0.2) is 26.8 Å². The van der Waals surface area contributed by atoms with Crippen molar-refractivity contribution in [1.82, 2.24) is 9.97 Å². The lowest BCUT2D eigenvalue weighted by Gasteiger charge is -2.02. The molecule has 0 atom stereocenters. The number of rotatable bonds is 5. The van der Waals surface area contributed by atoms with Crippen molar-refractivity contribution in [3.05, 3.63) is 22.1 Å². The molecule has 0 unspecified atom stereocenters. The summed E-state index contributed by atoms with van der Waals surface area (Å²) in [5.74, 6) is -0.994. The van der Waals surface area contributed by atoms with Crippen LogP contribution in [0.4, 0.5) is 5.95 Å². The molecule has 1 aromatic heterocycles. The second kappa shape index (κ2) is 5.78. The average molecular weight is 238 g/mol. The third-order valence-corrected chi connectivity index (χ3v) is 1.94. The van der Waals surface area contributed by atoms with Crippen molar-refractivity contribution in [1.29, 1.82) is 0 Å². The summed E-state index contributed by atoms with van der Waals surface area (Å²) < 4.78 is 0. The van der Waals surface area contributed by atoms with Crippen LogP contribution in [0.5, 0.6) is 0 Å². The van der Waals surface area contributed by atoms with Crippen molar-refractivity contribution in [2.75, 3.05) is 5.43 Å². The highest BCUT2D eigenvalue weighted by molar-refractivity contribution is 6.34. The zero-order valence-corrected chi connectivity index (χ0v) is 9.65. The van der Waals surface area contributed by atoms with Crippen LogP contribution in [0, 0.1) is 0 Å². The second-order valence-corrected chi connectivity index (χ2v) is 3.45. The van der Waals surface area contributed by atoms with Gasteiger partial charge < -0.3 is 5.11 Å². The van der Waals surface area contributed by atoms with Crippen molar-refractivity contribution in [2.45, 2.75) is 26.7 Å². The number of aromatic nitrogens is 2. The van der Waals surface area contributed by atoms with Crippen molar-refractivity contribution in [2.24, 2.45) is 5.10 Å². The van der Waals surface area contributed by atoms with E-state index in [1.54, 1.807) is 0 Å². The standard InChI is InChI=1S/C10H14N4O3/c1-3-4-7-5-8(15)12-10(11-7)14-13-6(2)9(16)17/h5H,3-4H2,1-2H3,(H,16,17)(H2,11,12,14,15)/b13-6+. The van der Waals surface area contributed by atoms with Crippen molar-refractivity contribution in [3.63, 3.8) is 0 Å². The number of carboxylic acid groups (broad SMARTS) is 1. The lowest BCUT2D eigenvalue weighted by molar-refractivity contribution is -0.129. The van der Waals surface area contributed by atoms with Gasteiger partial charge in [0.05, 0.1) is 0 Å². The Bertz CT molecular complexity index is 493. The molecule has 1 heterocycles. The molecule has 0 aliphatic heterocycles.